The van der Waals surface area contributed by atoms with E-state index in [9.17, 15) is 4.39 Å². The lowest BCUT2D eigenvalue weighted by atomic mass is 9.87. The number of nitrogens with one attached hydrogen (secondary N) is 1. The molecule has 2 atom stereocenters. The molecular weight excluding hydrogens is 229 g/mol. The van der Waals surface area contributed by atoms with E-state index in [1.807, 2.05) is 14.0 Å². The minimum atomic E-state index is -0.278. The first kappa shape index (κ1) is 13.3. The zero-order valence-corrected chi connectivity index (χ0v) is 11.6. The maximum Gasteiger partial charge on any atom is 0.165 e. The summed E-state index contributed by atoms with van der Waals surface area (Å²) in [4.78, 5) is 0. The number of rotatable bonds is 3. The summed E-state index contributed by atoms with van der Waals surface area (Å²) in [5.41, 5.74) is 1.21. The van der Waals surface area contributed by atoms with Gasteiger partial charge in [0.05, 0.1) is 0 Å². The number of hydrogen-bond acceptors (Lipinski definition) is 2. The molecule has 0 spiro atoms. The fourth-order valence-corrected chi connectivity index (χ4v) is 2.91. The Bertz CT molecular complexity index is 431. The Balaban J connectivity index is 2.17. The van der Waals surface area contributed by atoms with Gasteiger partial charge in [0, 0.05) is 6.04 Å². The highest BCUT2D eigenvalue weighted by molar-refractivity contribution is 5.30. The van der Waals surface area contributed by atoms with E-state index in [0.29, 0.717) is 5.75 Å². The van der Waals surface area contributed by atoms with E-state index in [0.717, 1.165) is 18.4 Å². The van der Waals surface area contributed by atoms with Crippen molar-refractivity contribution in [1.82, 2.24) is 5.32 Å². The van der Waals surface area contributed by atoms with Crippen LogP contribution in [0.3, 0.4) is 0 Å². The lowest BCUT2D eigenvalue weighted by molar-refractivity contribution is 0.140. The Morgan fingerprint density at radius 3 is 2.78 bits per heavy atom. The Hall–Kier alpha value is -1.09. The second-order valence-corrected chi connectivity index (χ2v) is 5.88. The minimum Gasteiger partial charge on any atom is -0.486 e. The summed E-state index contributed by atoms with van der Waals surface area (Å²) in [6, 6.07) is 5.26. The van der Waals surface area contributed by atoms with Crippen molar-refractivity contribution in [3.63, 3.8) is 0 Å². The van der Waals surface area contributed by atoms with Crippen molar-refractivity contribution in [2.24, 2.45) is 5.41 Å². The van der Waals surface area contributed by atoms with Gasteiger partial charge in [0.1, 0.15) is 6.10 Å². The zero-order valence-electron chi connectivity index (χ0n) is 11.6. The lowest BCUT2D eigenvalue weighted by Gasteiger charge is -2.30. The van der Waals surface area contributed by atoms with Crippen LogP contribution in [-0.4, -0.2) is 19.2 Å². The molecule has 2 nitrogen and oxygen atoms in total. The molecule has 0 aliphatic heterocycles. The van der Waals surface area contributed by atoms with Crippen LogP contribution in [-0.2, 0) is 0 Å². The Kier molecular flexibility index (Phi) is 3.62. The van der Waals surface area contributed by atoms with E-state index >= 15 is 0 Å². The SMILES string of the molecule is CNC1C(Oc2cc(C)ccc2F)CCC1(C)C. The molecule has 1 aromatic rings. The summed E-state index contributed by atoms with van der Waals surface area (Å²) < 4.78 is 19.6. The molecule has 1 fully saturated rings. The number of likely N-dealkylation sites (N-methyl/N-ethyl adjacent to an activating group) is 1. The molecule has 1 aliphatic carbocycles. The molecule has 0 bridgehead atoms. The van der Waals surface area contributed by atoms with Crippen LogP contribution in [0.4, 0.5) is 4.39 Å². The second kappa shape index (κ2) is 4.88. The van der Waals surface area contributed by atoms with Crippen LogP contribution in [0.5, 0.6) is 5.75 Å². The molecule has 1 saturated carbocycles. The van der Waals surface area contributed by atoms with Crippen molar-refractivity contribution in [3.05, 3.63) is 29.6 Å². The first-order valence-corrected chi connectivity index (χ1v) is 6.54. The molecule has 1 aromatic carbocycles. The summed E-state index contributed by atoms with van der Waals surface area (Å²) >= 11 is 0. The van der Waals surface area contributed by atoms with Gasteiger partial charge >= 0.3 is 0 Å². The van der Waals surface area contributed by atoms with Gasteiger partial charge in [-0.1, -0.05) is 19.9 Å². The molecule has 100 valence electrons. The summed E-state index contributed by atoms with van der Waals surface area (Å²) in [6.45, 7) is 6.40. The molecule has 0 radical (unpaired) electrons. The highest BCUT2D eigenvalue weighted by atomic mass is 19.1. The number of hydrogen-bond donors (Lipinski definition) is 1. The molecule has 2 rings (SSSR count). The molecule has 3 heteroatoms. The minimum absolute atomic E-state index is 0.0429. The fourth-order valence-electron chi connectivity index (χ4n) is 2.91. The topological polar surface area (TPSA) is 21.3 Å². The quantitative estimate of drug-likeness (QED) is 0.890. The monoisotopic (exact) mass is 251 g/mol. The van der Waals surface area contributed by atoms with Gasteiger partial charge in [-0.2, -0.15) is 0 Å². The van der Waals surface area contributed by atoms with Crippen LogP contribution < -0.4 is 10.1 Å². The Morgan fingerprint density at radius 2 is 2.11 bits per heavy atom. The standard InChI is InChI=1S/C15H22FNO/c1-10-5-6-11(16)13(9-10)18-12-7-8-15(2,3)14(12)17-4/h5-6,9,12,14,17H,7-8H2,1-4H3. The molecular formula is C15H22FNO. The normalized spacial score (nSPS) is 26.3. The average molecular weight is 251 g/mol. The molecule has 1 aliphatic rings. The Labute approximate surface area is 109 Å². The molecule has 0 amide bonds. The fraction of sp³-hybridized carbons (Fsp3) is 0.600. The van der Waals surface area contributed by atoms with Crippen LogP contribution in [0.1, 0.15) is 32.3 Å². The van der Waals surface area contributed by atoms with Gasteiger partial charge < -0.3 is 10.1 Å². The predicted octanol–water partition coefficient (Wildman–Crippen LogP) is 3.29. The third-order valence-electron chi connectivity index (χ3n) is 3.96. The van der Waals surface area contributed by atoms with Gasteiger partial charge in [-0.3, -0.25) is 0 Å². The third kappa shape index (κ3) is 2.51. The van der Waals surface area contributed by atoms with Gasteiger partial charge in [-0.15, -0.1) is 0 Å². The lowest BCUT2D eigenvalue weighted by Crippen LogP contribution is -2.44. The number of halogens is 1. The first-order chi connectivity index (χ1) is 8.44. The summed E-state index contributed by atoms with van der Waals surface area (Å²) in [6.07, 6.45) is 2.10. The van der Waals surface area contributed by atoms with Gasteiger partial charge in [-0.05, 0) is 49.9 Å². The van der Waals surface area contributed by atoms with Crippen molar-refractivity contribution in [3.8, 4) is 5.75 Å². The summed E-state index contributed by atoms with van der Waals surface area (Å²) in [5.74, 6) is 0.0955. The first-order valence-electron chi connectivity index (χ1n) is 6.54. The number of benzene rings is 1. The van der Waals surface area contributed by atoms with E-state index in [2.05, 4.69) is 19.2 Å². The van der Waals surface area contributed by atoms with E-state index in [1.54, 1.807) is 12.1 Å². The van der Waals surface area contributed by atoms with Gasteiger partial charge in [0.25, 0.3) is 0 Å². The largest absolute Gasteiger partial charge is 0.486 e. The highest BCUT2D eigenvalue weighted by Gasteiger charge is 2.42. The van der Waals surface area contributed by atoms with Crippen molar-refractivity contribution in [2.45, 2.75) is 45.8 Å². The summed E-state index contributed by atoms with van der Waals surface area (Å²) in [7, 11) is 1.95. The zero-order chi connectivity index (χ0) is 13.3. The van der Waals surface area contributed by atoms with E-state index in [1.165, 1.54) is 6.07 Å². The molecule has 0 saturated heterocycles. The van der Waals surface area contributed by atoms with E-state index < -0.39 is 0 Å². The van der Waals surface area contributed by atoms with E-state index in [4.69, 9.17) is 4.74 Å². The molecule has 0 heterocycles. The van der Waals surface area contributed by atoms with Crippen molar-refractivity contribution < 1.29 is 9.13 Å². The third-order valence-corrected chi connectivity index (χ3v) is 3.96. The van der Waals surface area contributed by atoms with E-state index in [-0.39, 0.29) is 23.4 Å². The van der Waals surface area contributed by atoms with Crippen LogP contribution in [0.15, 0.2) is 18.2 Å². The molecule has 1 N–H and O–H groups in total. The van der Waals surface area contributed by atoms with Crippen molar-refractivity contribution in [1.29, 1.82) is 0 Å². The van der Waals surface area contributed by atoms with Crippen LogP contribution >= 0.6 is 0 Å². The number of aryl methyl sites for hydroxylation is 1. The highest BCUT2D eigenvalue weighted by Crippen LogP contribution is 2.39. The maximum atomic E-state index is 13.7. The van der Waals surface area contributed by atoms with Gasteiger partial charge in [-0.25, -0.2) is 4.39 Å². The Morgan fingerprint density at radius 1 is 1.39 bits per heavy atom. The smallest absolute Gasteiger partial charge is 0.165 e. The van der Waals surface area contributed by atoms with Gasteiger partial charge in [0.15, 0.2) is 11.6 Å². The van der Waals surface area contributed by atoms with Crippen molar-refractivity contribution >= 4 is 0 Å². The molecule has 18 heavy (non-hydrogen) atoms. The molecule has 0 aromatic heterocycles. The number of ether oxygens (including phenoxy) is 1. The van der Waals surface area contributed by atoms with Crippen LogP contribution in [0, 0.1) is 18.2 Å². The van der Waals surface area contributed by atoms with Crippen LogP contribution in [0.2, 0.25) is 0 Å². The predicted molar refractivity (Wildman–Crippen MR) is 71.4 cm³/mol. The molecule has 2 unspecified atom stereocenters. The van der Waals surface area contributed by atoms with Gasteiger partial charge in [0.2, 0.25) is 0 Å². The summed E-state index contributed by atoms with van der Waals surface area (Å²) in [5, 5.41) is 3.31. The maximum absolute atomic E-state index is 13.7. The van der Waals surface area contributed by atoms with Crippen molar-refractivity contribution in [2.75, 3.05) is 7.05 Å². The average Bonchev–Trinajstić information content (AvgIpc) is 2.58. The van der Waals surface area contributed by atoms with Crippen LogP contribution in [0.25, 0.3) is 0 Å². The second-order valence-electron chi connectivity index (χ2n) is 5.88.